The molecule has 1 aromatic rings. The Hall–Kier alpha value is -0.0900. The van der Waals surface area contributed by atoms with Crippen LogP contribution in [0.25, 0.3) is 0 Å². The molecule has 0 radical (unpaired) electrons. The summed E-state index contributed by atoms with van der Waals surface area (Å²) >= 11 is 7.86. The van der Waals surface area contributed by atoms with E-state index in [0.29, 0.717) is 11.6 Å². The molecule has 2 aliphatic rings. The molecule has 1 aliphatic heterocycles. The average molecular weight is 327 g/mol. The molecule has 1 saturated heterocycles. The SMILES string of the molecule is CC(C)CC1CN(Cc2ccc(Cl)s2)C2(CCCC2)CN1. The fourth-order valence-corrected chi connectivity index (χ4v) is 5.18. The Kier molecular flexibility index (Phi) is 4.94. The smallest absolute Gasteiger partial charge is 0.0931 e. The van der Waals surface area contributed by atoms with Gasteiger partial charge in [-0.05, 0) is 37.3 Å². The van der Waals surface area contributed by atoms with E-state index in [9.17, 15) is 0 Å². The van der Waals surface area contributed by atoms with Gasteiger partial charge in [0.1, 0.15) is 0 Å². The van der Waals surface area contributed by atoms with E-state index in [1.807, 2.05) is 6.07 Å². The summed E-state index contributed by atoms with van der Waals surface area (Å²) in [5, 5.41) is 3.84. The van der Waals surface area contributed by atoms with Gasteiger partial charge in [-0.2, -0.15) is 0 Å². The van der Waals surface area contributed by atoms with Gasteiger partial charge in [0.25, 0.3) is 0 Å². The third kappa shape index (κ3) is 3.64. The van der Waals surface area contributed by atoms with E-state index in [0.717, 1.165) is 16.8 Å². The van der Waals surface area contributed by atoms with Gasteiger partial charge in [0.2, 0.25) is 0 Å². The van der Waals surface area contributed by atoms with Gasteiger partial charge < -0.3 is 5.32 Å². The normalized spacial score (nSPS) is 26.0. The van der Waals surface area contributed by atoms with Crippen LogP contribution in [0.4, 0.5) is 0 Å². The molecule has 1 aromatic heterocycles. The molecule has 1 N–H and O–H groups in total. The zero-order chi connectivity index (χ0) is 14.9. The number of hydrogen-bond acceptors (Lipinski definition) is 3. The van der Waals surface area contributed by atoms with Gasteiger partial charge in [0, 0.05) is 36.1 Å². The summed E-state index contributed by atoms with van der Waals surface area (Å²) in [4.78, 5) is 4.18. The first kappa shape index (κ1) is 15.8. The highest BCUT2D eigenvalue weighted by molar-refractivity contribution is 7.16. The third-order valence-electron chi connectivity index (χ3n) is 5.10. The standard InChI is InChI=1S/C17H27ClN2S/c1-13(2)9-14-10-20(11-15-5-6-16(18)21-15)17(12-19-14)7-3-4-8-17/h5-6,13-14,19H,3-4,7-12H2,1-2H3. The van der Waals surface area contributed by atoms with Gasteiger partial charge in [-0.15, -0.1) is 11.3 Å². The Morgan fingerprint density at radius 2 is 2.14 bits per heavy atom. The van der Waals surface area contributed by atoms with Gasteiger partial charge >= 0.3 is 0 Å². The highest BCUT2D eigenvalue weighted by Gasteiger charge is 2.43. The van der Waals surface area contributed by atoms with Crippen LogP contribution in [0.2, 0.25) is 4.34 Å². The van der Waals surface area contributed by atoms with Crippen molar-refractivity contribution in [2.24, 2.45) is 5.92 Å². The van der Waals surface area contributed by atoms with Gasteiger partial charge in [-0.25, -0.2) is 0 Å². The topological polar surface area (TPSA) is 15.3 Å². The second-order valence-corrected chi connectivity index (χ2v) is 9.02. The average Bonchev–Trinajstić information content (AvgIpc) is 3.04. The number of thiophene rings is 1. The minimum Gasteiger partial charge on any atom is -0.311 e. The second kappa shape index (κ2) is 6.57. The van der Waals surface area contributed by atoms with Crippen molar-refractivity contribution in [1.82, 2.24) is 10.2 Å². The predicted octanol–water partition coefficient (Wildman–Crippen LogP) is 4.53. The van der Waals surface area contributed by atoms with E-state index in [1.54, 1.807) is 11.3 Å². The van der Waals surface area contributed by atoms with Crippen LogP contribution < -0.4 is 5.32 Å². The third-order valence-corrected chi connectivity index (χ3v) is 6.31. The summed E-state index contributed by atoms with van der Waals surface area (Å²) in [6.07, 6.45) is 6.76. The fraction of sp³-hybridized carbons (Fsp3) is 0.765. The van der Waals surface area contributed by atoms with Crippen molar-refractivity contribution in [3.63, 3.8) is 0 Å². The first-order valence-corrected chi connectivity index (χ1v) is 9.49. The molecule has 0 bridgehead atoms. The van der Waals surface area contributed by atoms with Crippen LogP contribution in [-0.2, 0) is 6.54 Å². The zero-order valence-electron chi connectivity index (χ0n) is 13.2. The maximum Gasteiger partial charge on any atom is 0.0931 e. The lowest BCUT2D eigenvalue weighted by Crippen LogP contribution is -2.63. The maximum absolute atomic E-state index is 6.11. The number of rotatable bonds is 4. The molecule has 0 aromatic carbocycles. The molecule has 1 aliphatic carbocycles. The minimum atomic E-state index is 0.407. The van der Waals surface area contributed by atoms with Crippen molar-refractivity contribution in [2.75, 3.05) is 13.1 Å². The Balaban J connectivity index is 1.73. The number of nitrogens with zero attached hydrogens (tertiary/aromatic N) is 1. The number of piperazine rings is 1. The van der Waals surface area contributed by atoms with Crippen molar-refractivity contribution in [2.45, 2.75) is 64.1 Å². The van der Waals surface area contributed by atoms with E-state index in [1.165, 1.54) is 50.1 Å². The molecule has 1 saturated carbocycles. The van der Waals surface area contributed by atoms with E-state index >= 15 is 0 Å². The van der Waals surface area contributed by atoms with Crippen LogP contribution in [-0.4, -0.2) is 29.6 Å². The van der Waals surface area contributed by atoms with Crippen LogP contribution in [0.1, 0.15) is 50.8 Å². The summed E-state index contributed by atoms with van der Waals surface area (Å²) in [5.74, 6) is 0.762. The number of hydrogen-bond donors (Lipinski definition) is 1. The lowest BCUT2D eigenvalue weighted by atomic mass is 9.89. The van der Waals surface area contributed by atoms with Gasteiger partial charge in [0.15, 0.2) is 0 Å². The van der Waals surface area contributed by atoms with E-state index < -0.39 is 0 Å². The monoisotopic (exact) mass is 326 g/mol. The van der Waals surface area contributed by atoms with Crippen molar-refractivity contribution in [3.8, 4) is 0 Å². The van der Waals surface area contributed by atoms with E-state index in [2.05, 4.69) is 30.1 Å². The second-order valence-electron chi connectivity index (χ2n) is 7.23. The van der Waals surface area contributed by atoms with Crippen molar-refractivity contribution < 1.29 is 0 Å². The first-order chi connectivity index (χ1) is 10.1. The molecular formula is C17H27ClN2S. The molecule has 118 valence electrons. The Labute approximate surface area is 137 Å². The molecule has 2 nitrogen and oxygen atoms in total. The molecule has 21 heavy (non-hydrogen) atoms. The summed E-state index contributed by atoms with van der Waals surface area (Å²) < 4.78 is 0.916. The molecule has 1 atom stereocenters. The molecular weight excluding hydrogens is 300 g/mol. The van der Waals surface area contributed by atoms with Crippen LogP contribution in [0.5, 0.6) is 0 Å². The number of halogens is 1. The Morgan fingerprint density at radius 1 is 1.38 bits per heavy atom. The van der Waals surface area contributed by atoms with Crippen molar-refractivity contribution in [1.29, 1.82) is 0 Å². The maximum atomic E-state index is 6.11. The van der Waals surface area contributed by atoms with Gasteiger partial charge in [0.05, 0.1) is 4.34 Å². The summed E-state index contributed by atoms with van der Waals surface area (Å²) in [6.45, 7) is 8.08. The van der Waals surface area contributed by atoms with Gasteiger partial charge in [-0.1, -0.05) is 38.3 Å². The number of nitrogens with one attached hydrogen (secondary N) is 1. The van der Waals surface area contributed by atoms with Crippen LogP contribution in [0.15, 0.2) is 12.1 Å². The predicted molar refractivity (Wildman–Crippen MR) is 92.2 cm³/mol. The quantitative estimate of drug-likeness (QED) is 0.874. The highest BCUT2D eigenvalue weighted by Crippen LogP contribution is 2.39. The van der Waals surface area contributed by atoms with Crippen LogP contribution in [0.3, 0.4) is 0 Å². The first-order valence-electron chi connectivity index (χ1n) is 8.30. The van der Waals surface area contributed by atoms with E-state index in [4.69, 9.17) is 11.6 Å². The largest absolute Gasteiger partial charge is 0.311 e. The minimum absolute atomic E-state index is 0.407. The van der Waals surface area contributed by atoms with E-state index in [-0.39, 0.29) is 0 Å². The van der Waals surface area contributed by atoms with Crippen LogP contribution in [0, 0.1) is 5.92 Å². The summed E-state index contributed by atoms with van der Waals surface area (Å²) in [6, 6.07) is 4.89. The Bertz CT molecular complexity index is 465. The Morgan fingerprint density at radius 3 is 2.76 bits per heavy atom. The van der Waals surface area contributed by atoms with Crippen molar-refractivity contribution in [3.05, 3.63) is 21.3 Å². The van der Waals surface area contributed by atoms with Crippen molar-refractivity contribution >= 4 is 22.9 Å². The molecule has 2 fully saturated rings. The molecule has 2 heterocycles. The zero-order valence-corrected chi connectivity index (χ0v) is 14.8. The fourth-order valence-electron chi connectivity index (χ4n) is 4.08. The highest BCUT2D eigenvalue weighted by atomic mass is 35.5. The van der Waals surface area contributed by atoms with Gasteiger partial charge in [-0.3, -0.25) is 4.90 Å². The molecule has 0 amide bonds. The molecule has 4 heteroatoms. The molecule has 1 unspecified atom stereocenters. The summed E-state index contributed by atoms with van der Waals surface area (Å²) in [5.41, 5.74) is 0.407. The molecule has 1 spiro atoms. The lowest BCUT2D eigenvalue weighted by Gasteiger charge is -2.48. The lowest BCUT2D eigenvalue weighted by molar-refractivity contribution is 0.0323. The molecule has 3 rings (SSSR count). The summed E-state index contributed by atoms with van der Waals surface area (Å²) in [7, 11) is 0. The van der Waals surface area contributed by atoms with Crippen LogP contribution >= 0.6 is 22.9 Å².